The number of nitrogens with zero attached hydrogens (tertiary/aromatic N) is 1. The van der Waals surface area contributed by atoms with Gasteiger partial charge >= 0.3 is 0 Å². The second kappa shape index (κ2) is 4.06. The predicted molar refractivity (Wildman–Crippen MR) is 62.9 cm³/mol. The smallest absolute Gasteiger partial charge is 0.0110 e. The van der Waals surface area contributed by atoms with Gasteiger partial charge in [-0.3, -0.25) is 0 Å². The third-order valence-corrected chi connectivity index (χ3v) is 4.73. The Morgan fingerprint density at radius 2 is 1.73 bits per heavy atom. The van der Waals surface area contributed by atoms with Gasteiger partial charge in [0.1, 0.15) is 0 Å². The van der Waals surface area contributed by atoms with Crippen molar-refractivity contribution in [3.8, 4) is 0 Å². The van der Waals surface area contributed by atoms with Crippen LogP contribution in [0.3, 0.4) is 0 Å². The van der Waals surface area contributed by atoms with E-state index in [-0.39, 0.29) is 0 Å². The monoisotopic (exact) mass is 208 g/mol. The third kappa shape index (κ3) is 2.21. The molecule has 2 bridgehead atoms. The zero-order chi connectivity index (χ0) is 10.3. The van der Waals surface area contributed by atoms with Crippen LogP contribution in [-0.2, 0) is 0 Å². The van der Waals surface area contributed by atoms with E-state index in [9.17, 15) is 0 Å². The molecule has 2 heteroatoms. The summed E-state index contributed by atoms with van der Waals surface area (Å²) in [6.45, 7) is 1.30. The van der Waals surface area contributed by atoms with Gasteiger partial charge < -0.3 is 10.2 Å². The molecule has 0 amide bonds. The standard InChI is InChI=1S/C13H24N2/c1-15-12-3-2-4-13(15)8-11(7-12)14-9-10-5-6-10/h10-14H,2-9H2,1H3/t12-,13-/m1/s1. The van der Waals surface area contributed by atoms with E-state index in [0.29, 0.717) is 0 Å². The van der Waals surface area contributed by atoms with Crippen molar-refractivity contribution in [1.82, 2.24) is 10.2 Å². The fourth-order valence-electron chi connectivity index (χ4n) is 3.44. The van der Waals surface area contributed by atoms with Crippen molar-refractivity contribution in [2.45, 2.75) is 63.1 Å². The van der Waals surface area contributed by atoms with E-state index in [2.05, 4.69) is 17.3 Å². The van der Waals surface area contributed by atoms with Gasteiger partial charge in [0.05, 0.1) is 0 Å². The Hall–Kier alpha value is -0.0800. The molecule has 3 rings (SSSR count). The van der Waals surface area contributed by atoms with Crippen molar-refractivity contribution in [2.75, 3.05) is 13.6 Å². The van der Waals surface area contributed by atoms with Crippen molar-refractivity contribution in [2.24, 2.45) is 5.92 Å². The minimum Gasteiger partial charge on any atom is -0.314 e. The normalized spacial score (nSPS) is 41.8. The average Bonchev–Trinajstić information content (AvgIpc) is 2.99. The van der Waals surface area contributed by atoms with Crippen LogP contribution in [0.5, 0.6) is 0 Å². The molecule has 0 aromatic heterocycles. The number of piperidine rings is 2. The van der Waals surface area contributed by atoms with E-state index in [1.54, 1.807) is 0 Å². The molecule has 2 nitrogen and oxygen atoms in total. The highest BCUT2D eigenvalue weighted by Crippen LogP contribution is 2.33. The maximum atomic E-state index is 3.81. The Bertz CT molecular complexity index is 211. The first kappa shape index (κ1) is 10.1. The fraction of sp³-hybridized carbons (Fsp3) is 1.00. The Morgan fingerprint density at radius 1 is 1.07 bits per heavy atom. The van der Waals surface area contributed by atoms with Crippen molar-refractivity contribution in [1.29, 1.82) is 0 Å². The molecule has 2 saturated heterocycles. The van der Waals surface area contributed by atoms with E-state index >= 15 is 0 Å². The lowest BCUT2D eigenvalue weighted by Crippen LogP contribution is -2.54. The molecule has 1 saturated carbocycles. The first-order chi connectivity index (χ1) is 7.33. The number of hydrogen-bond donors (Lipinski definition) is 1. The molecular formula is C13H24N2. The summed E-state index contributed by atoms with van der Waals surface area (Å²) in [6.07, 6.45) is 10.1. The van der Waals surface area contributed by atoms with Crippen LogP contribution < -0.4 is 5.32 Å². The molecule has 0 spiro atoms. The van der Waals surface area contributed by atoms with Gasteiger partial charge in [0.2, 0.25) is 0 Å². The second-order valence-corrected chi connectivity index (χ2v) is 5.92. The lowest BCUT2D eigenvalue weighted by Gasteiger charge is -2.47. The second-order valence-electron chi connectivity index (χ2n) is 5.92. The van der Waals surface area contributed by atoms with E-state index < -0.39 is 0 Å². The molecule has 3 fully saturated rings. The van der Waals surface area contributed by atoms with Crippen molar-refractivity contribution < 1.29 is 0 Å². The summed E-state index contributed by atoms with van der Waals surface area (Å²) in [5, 5.41) is 3.81. The molecule has 15 heavy (non-hydrogen) atoms. The van der Waals surface area contributed by atoms with E-state index in [1.807, 2.05) is 0 Å². The summed E-state index contributed by atoms with van der Waals surface area (Å²) < 4.78 is 0. The van der Waals surface area contributed by atoms with Gasteiger partial charge in [0.15, 0.2) is 0 Å². The van der Waals surface area contributed by atoms with Gasteiger partial charge in [-0.25, -0.2) is 0 Å². The van der Waals surface area contributed by atoms with Crippen LogP contribution in [0, 0.1) is 5.92 Å². The topological polar surface area (TPSA) is 15.3 Å². The van der Waals surface area contributed by atoms with Crippen LogP contribution in [0.4, 0.5) is 0 Å². The van der Waals surface area contributed by atoms with Gasteiger partial charge in [-0.15, -0.1) is 0 Å². The van der Waals surface area contributed by atoms with Crippen molar-refractivity contribution >= 4 is 0 Å². The van der Waals surface area contributed by atoms with Crippen LogP contribution in [0.2, 0.25) is 0 Å². The molecule has 1 N–H and O–H groups in total. The third-order valence-electron chi connectivity index (χ3n) is 4.73. The molecule has 1 aliphatic carbocycles. The van der Waals surface area contributed by atoms with Crippen LogP contribution in [0.1, 0.15) is 44.9 Å². The number of hydrogen-bond acceptors (Lipinski definition) is 2. The van der Waals surface area contributed by atoms with E-state index in [1.165, 1.54) is 51.5 Å². The molecule has 0 radical (unpaired) electrons. The summed E-state index contributed by atoms with van der Waals surface area (Å²) in [5.74, 6) is 1.03. The maximum Gasteiger partial charge on any atom is 0.0110 e. The summed E-state index contributed by atoms with van der Waals surface area (Å²) in [4.78, 5) is 2.65. The Morgan fingerprint density at radius 3 is 2.33 bits per heavy atom. The van der Waals surface area contributed by atoms with Crippen LogP contribution in [0.25, 0.3) is 0 Å². The largest absolute Gasteiger partial charge is 0.314 e. The zero-order valence-electron chi connectivity index (χ0n) is 9.91. The van der Waals surface area contributed by atoms with Gasteiger partial charge in [0.25, 0.3) is 0 Å². The lowest BCUT2D eigenvalue weighted by atomic mass is 9.82. The summed E-state index contributed by atoms with van der Waals surface area (Å²) in [7, 11) is 2.34. The highest BCUT2D eigenvalue weighted by Gasteiger charge is 2.36. The minimum atomic E-state index is 0.831. The predicted octanol–water partition coefficient (Wildman–Crippen LogP) is 2.00. The number of fused-ring (bicyclic) bond motifs is 2. The number of rotatable bonds is 3. The molecule has 3 aliphatic rings. The number of nitrogens with one attached hydrogen (secondary N) is 1. The van der Waals surface area contributed by atoms with E-state index in [0.717, 1.165) is 24.0 Å². The highest BCUT2D eigenvalue weighted by molar-refractivity contribution is 4.94. The summed E-state index contributed by atoms with van der Waals surface area (Å²) in [6, 6.07) is 2.60. The van der Waals surface area contributed by atoms with Gasteiger partial charge in [-0.05, 0) is 58.0 Å². The van der Waals surface area contributed by atoms with Crippen molar-refractivity contribution in [3.63, 3.8) is 0 Å². The first-order valence-electron chi connectivity index (χ1n) is 6.78. The summed E-state index contributed by atoms with van der Waals surface area (Å²) >= 11 is 0. The molecular weight excluding hydrogens is 184 g/mol. The fourth-order valence-corrected chi connectivity index (χ4v) is 3.44. The molecule has 0 unspecified atom stereocenters. The summed E-state index contributed by atoms with van der Waals surface area (Å²) in [5.41, 5.74) is 0. The molecule has 2 atom stereocenters. The Balaban J connectivity index is 1.53. The quantitative estimate of drug-likeness (QED) is 0.763. The molecule has 2 heterocycles. The van der Waals surface area contributed by atoms with Crippen LogP contribution in [0.15, 0.2) is 0 Å². The van der Waals surface area contributed by atoms with Gasteiger partial charge in [0, 0.05) is 18.1 Å². The highest BCUT2D eigenvalue weighted by atomic mass is 15.2. The zero-order valence-corrected chi connectivity index (χ0v) is 9.91. The maximum absolute atomic E-state index is 3.81. The van der Waals surface area contributed by atoms with Gasteiger partial charge in [-0.2, -0.15) is 0 Å². The van der Waals surface area contributed by atoms with Crippen molar-refractivity contribution in [3.05, 3.63) is 0 Å². The lowest BCUT2D eigenvalue weighted by molar-refractivity contribution is 0.0484. The SMILES string of the molecule is CN1[C@@H]2CCC[C@@H]1CC(NCC1CC1)C2. The van der Waals surface area contributed by atoms with Gasteiger partial charge in [-0.1, -0.05) is 6.42 Å². The molecule has 0 aromatic rings. The van der Waals surface area contributed by atoms with E-state index in [4.69, 9.17) is 0 Å². The first-order valence-corrected chi connectivity index (χ1v) is 6.78. The van der Waals surface area contributed by atoms with Crippen LogP contribution >= 0.6 is 0 Å². The molecule has 86 valence electrons. The molecule has 2 aliphatic heterocycles. The molecule has 0 aromatic carbocycles. The Kier molecular flexibility index (Phi) is 2.73. The Labute approximate surface area is 93.4 Å². The minimum absolute atomic E-state index is 0.831. The van der Waals surface area contributed by atoms with Crippen LogP contribution in [-0.4, -0.2) is 36.6 Å². The average molecular weight is 208 g/mol.